The van der Waals surface area contributed by atoms with Gasteiger partial charge in [-0.05, 0) is 50.5 Å². The van der Waals surface area contributed by atoms with Crippen LogP contribution >= 0.6 is 11.3 Å². The van der Waals surface area contributed by atoms with E-state index in [4.69, 9.17) is 0 Å². The maximum atomic E-state index is 12.5. The monoisotopic (exact) mass is 329 g/mol. The van der Waals surface area contributed by atoms with Gasteiger partial charge >= 0.3 is 0 Å². The van der Waals surface area contributed by atoms with Crippen LogP contribution in [0.1, 0.15) is 24.6 Å². The van der Waals surface area contributed by atoms with Crippen molar-refractivity contribution in [1.29, 1.82) is 0 Å². The second kappa shape index (κ2) is 6.34. The fourth-order valence-electron chi connectivity index (χ4n) is 3.20. The molecule has 2 N–H and O–H groups in total. The average Bonchev–Trinajstić information content (AvgIpc) is 2.96. The number of hydrogen-bond acceptors (Lipinski definition) is 5. The van der Waals surface area contributed by atoms with Gasteiger partial charge in [-0.2, -0.15) is 0 Å². The van der Waals surface area contributed by atoms with Gasteiger partial charge in [0.05, 0.1) is 0 Å². The number of piperidine rings is 3. The zero-order valence-electron chi connectivity index (χ0n) is 12.3. The summed E-state index contributed by atoms with van der Waals surface area (Å²) in [6, 6.07) is 3.70. The quantitative estimate of drug-likeness (QED) is 0.824. The van der Waals surface area contributed by atoms with Crippen molar-refractivity contribution >= 4 is 21.4 Å². The summed E-state index contributed by atoms with van der Waals surface area (Å²) >= 11 is 1.36. The van der Waals surface area contributed by atoms with Crippen LogP contribution in [0.25, 0.3) is 0 Å². The molecule has 0 aromatic carbocycles. The molecule has 0 saturated carbocycles. The fraction of sp³-hybridized carbons (Fsp3) is 0.714. The van der Waals surface area contributed by atoms with Gasteiger partial charge in [0, 0.05) is 24.0 Å². The summed E-state index contributed by atoms with van der Waals surface area (Å²) in [7, 11) is -3.37. The van der Waals surface area contributed by atoms with Crippen LogP contribution in [-0.2, 0) is 16.6 Å². The summed E-state index contributed by atoms with van der Waals surface area (Å²) in [5.41, 5.74) is 0. The van der Waals surface area contributed by atoms with E-state index in [-0.39, 0.29) is 6.04 Å². The number of nitrogens with one attached hydrogen (secondary N) is 2. The van der Waals surface area contributed by atoms with E-state index in [9.17, 15) is 8.42 Å². The molecule has 1 unspecified atom stereocenters. The fourth-order valence-corrected chi connectivity index (χ4v) is 5.84. The Morgan fingerprint density at radius 1 is 1.33 bits per heavy atom. The predicted octanol–water partition coefficient (Wildman–Crippen LogP) is 1.23. The molecule has 0 spiro atoms. The Kier molecular flexibility index (Phi) is 4.66. The normalized spacial score (nSPS) is 28.9. The predicted molar refractivity (Wildman–Crippen MR) is 85.0 cm³/mol. The maximum absolute atomic E-state index is 12.5. The van der Waals surface area contributed by atoms with Crippen LogP contribution in [0, 0.1) is 5.92 Å². The third-order valence-electron chi connectivity index (χ3n) is 4.41. The maximum Gasteiger partial charge on any atom is 0.250 e. The van der Waals surface area contributed by atoms with E-state index in [0.717, 1.165) is 50.4 Å². The van der Waals surface area contributed by atoms with Gasteiger partial charge in [-0.1, -0.05) is 6.92 Å². The summed E-state index contributed by atoms with van der Waals surface area (Å²) in [4.78, 5) is 3.42. The molecule has 0 amide bonds. The third kappa shape index (κ3) is 3.48. The highest BCUT2D eigenvalue weighted by atomic mass is 32.2. The van der Waals surface area contributed by atoms with Crippen molar-refractivity contribution in [3.8, 4) is 0 Å². The Hall–Kier alpha value is -0.470. The Morgan fingerprint density at radius 3 is 2.71 bits per heavy atom. The summed E-state index contributed by atoms with van der Waals surface area (Å²) in [6.07, 6.45) is 2.23. The molecule has 4 heterocycles. The van der Waals surface area contributed by atoms with Crippen molar-refractivity contribution in [3.63, 3.8) is 0 Å². The van der Waals surface area contributed by atoms with Gasteiger partial charge < -0.3 is 10.2 Å². The van der Waals surface area contributed by atoms with E-state index in [0.29, 0.717) is 10.1 Å². The van der Waals surface area contributed by atoms with Gasteiger partial charge in [-0.15, -0.1) is 11.3 Å². The molecule has 1 aromatic heterocycles. The summed E-state index contributed by atoms with van der Waals surface area (Å²) < 4.78 is 28.4. The van der Waals surface area contributed by atoms with Crippen molar-refractivity contribution in [3.05, 3.63) is 17.0 Å². The molecule has 5 nitrogen and oxygen atoms in total. The van der Waals surface area contributed by atoms with Gasteiger partial charge in [0.2, 0.25) is 10.0 Å². The first-order chi connectivity index (χ1) is 10.1. The number of rotatable bonds is 6. The molecule has 1 aromatic rings. The number of hydrogen-bond donors (Lipinski definition) is 2. The molecule has 0 aliphatic carbocycles. The second-order valence-corrected chi connectivity index (χ2v) is 8.98. The first-order valence-corrected chi connectivity index (χ1v) is 9.92. The minimum atomic E-state index is -3.37. The van der Waals surface area contributed by atoms with Gasteiger partial charge in [0.1, 0.15) is 4.21 Å². The molecule has 3 fully saturated rings. The molecule has 3 saturated heterocycles. The first kappa shape index (κ1) is 15.4. The molecule has 118 valence electrons. The largest absolute Gasteiger partial charge is 0.312 e. The molecule has 7 heteroatoms. The van der Waals surface area contributed by atoms with Crippen molar-refractivity contribution < 1.29 is 8.42 Å². The Balaban J connectivity index is 1.67. The van der Waals surface area contributed by atoms with Gasteiger partial charge in [0.25, 0.3) is 0 Å². The van der Waals surface area contributed by atoms with Crippen molar-refractivity contribution in [2.45, 2.75) is 36.6 Å². The van der Waals surface area contributed by atoms with Crippen LogP contribution in [0.5, 0.6) is 0 Å². The van der Waals surface area contributed by atoms with E-state index in [1.54, 1.807) is 6.07 Å². The molecular formula is C14H23N3O2S2. The lowest BCUT2D eigenvalue weighted by Crippen LogP contribution is -2.57. The first-order valence-electron chi connectivity index (χ1n) is 7.62. The average molecular weight is 329 g/mol. The highest BCUT2D eigenvalue weighted by molar-refractivity contribution is 7.91. The standard InChI is InChI=1S/C14H23N3O2S2/c1-2-15-9-12-3-4-14(20-12)21(18,19)16-13-10-17-7-5-11(13)6-8-17/h3-4,11,13,15-16H,2,5-10H2,1H3. The molecule has 2 bridgehead atoms. The van der Waals surface area contributed by atoms with Crippen LogP contribution in [0.2, 0.25) is 0 Å². The minimum Gasteiger partial charge on any atom is -0.312 e. The highest BCUT2D eigenvalue weighted by Gasteiger charge is 2.36. The molecule has 3 aliphatic rings. The van der Waals surface area contributed by atoms with Crippen LogP contribution in [0.4, 0.5) is 0 Å². The number of fused-ring (bicyclic) bond motifs is 3. The van der Waals surface area contributed by atoms with E-state index in [1.165, 1.54) is 11.3 Å². The van der Waals surface area contributed by atoms with Gasteiger partial charge in [-0.25, -0.2) is 13.1 Å². The SMILES string of the molecule is CCNCc1ccc(S(=O)(=O)NC2CN3CCC2CC3)s1. The molecule has 1 atom stereocenters. The Labute approximate surface area is 130 Å². The molecule has 4 rings (SSSR count). The summed E-state index contributed by atoms with van der Waals surface area (Å²) in [5.74, 6) is 0.506. The number of sulfonamides is 1. The van der Waals surface area contributed by atoms with Crippen LogP contribution < -0.4 is 10.0 Å². The lowest BCUT2D eigenvalue weighted by atomic mass is 9.85. The van der Waals surface area contributed by atoms with Crippen molar-refractivity contribution in [2.75, 3.05) is 26.2 Å². The van der Waals surface area contributed by atoms with Gasteiger partial charge in [0.15, 0.2) is 0 Å². The smallest absolute Gasteiger partial charge is 0.250 e. The Morgan fingerprint density at radius 2 is 2.10 bits per heavy atom. The zero-order chi connectivity index (χ0) is 14.9. The zero-order valence-corrected chi connectivity index (χ0v) is 14.0. The van der Waals surface area contributed by atoms with Crippen molar-refractivity contribution in [1.82, 2.24) is 14.9 Å². The third-order valence-corrected chi connectivity index (χ3v) is 7.48. The second-order valence-electron chi connectivity index (χ2n) is 5.87. The summed E-state index contributed by atoms with van der Waals surface area (Å²) in [6.45, 7) is 6.76. The molecule has 3 aliphatic heterocycles. The Bertz CT molecular complexity index is 577. The molecular weight excluding hydrogens is 306 g/mol. The highest BCUT2D eigenvalue weighted by Crippen LogP contribution is 2.29. The van der Waals surface area contributed by atoms with E-state index < -0.39 is 10.0 Å². The number of thiophene rings is 1. The van der Waals surface area contributed by atoms with Crippen LogP contribution in [0.3, 0.4) is 0 Å². The lowest BCUT2D eigenvalue weighted by Gasteiger charge is -2.44. The van der Waals surface area contributed by atoms with Crippen LogP contribution in [-0.4, -0.2) is 45.5 Å². The van der Waals surface area contributed by atoms with E-state index in [1.807, 2.05) is 13.0 Å². The van der Waals surface area contributed by atoms with Gasteiger partial charge in [-0.3, -0.25) is 0 Å². The molecule has 21 heavy (non-hydrogen) atoms. The topological polar surface area (TPSA) is 61.4 Å². The van der Waals surface area contributed by atoms with E-state index in [2.05, 4.69) is 14.9 Å². The summed E-state index contributed by atoms with van der Waals surface area (Å²) in [5, 5.41) is 3.22. The van der Waals surface area contributed by atoms with Crippen molar-refractivity contribution in [2.24, 2.45) is 5.92 Å². The minimum absolute atomic E-state index is 0.0804. The van der Waals surface area contributed by atoms with E-state index >= 15 is 0 Å². The lowest BCUT2D eigenvalue weighted by molar-refractivity contribution is 0.0827. The molecule has 0 radical (unpaired) electrons. The van der Waals surface area contributed by atoms with Crippen LogP contribution in [0.15, 0.2) is 16.3 Å². The number of nitrogens with zero attached hydrogens (tertiary/aromatic N) is 1.